The Morgan fingerprint density at radius 1 is 1.35 bits per heavy atom. The third-order valence-corrected chi connectivity index (χ3v) is 6.63. The highest BCUT2D eigenvalue weighted by molar-refractivity contribution is 5.78. The second-order valence-electron chi connectivity index (χ2n) is 8.16. The number of ether oxygens (including phenoxy) is 1. The monoisotopic (exact) mass is 360 g/mol. The summed E-state index contributed by atoms with van der Waals surface area (Å²) in [5.74, 6) is 0.915. The molecule has 4 rings (SSSR count). The maximum absolute atomic E-state index is 12.5. The van der Waals surface area contributed by atoms with Crippen LogP contribution in [0.15, 0.2) is 6.33 Å². The average Bonchev–Trinajstić information content (AvgIpc) is 3.32. The van der Waals surface area contributed by atoms with Crippen molar-refractivity contribution in [3.05, 3.63) is 17.7 Å². The van der Waals surface area contributed by atoms with Gasteiger partial charge in [-0.05, 0) is 32.1 Å². The summed E-state index contributed by atoms with van der Waals surface area (Å²) >= 11 is 0. The molecular weight excluding hydrogens is 328 g/mol. The van der Waals surface area contributed by atoms with Crippen LogP contribution in [0.1, 0.15) is 56.8 Å². The predicted octanol–water partition coefficient (Wildman–Crippen LogP) is 2.31. The number of fused-ring (bicyclic) bond motifs is 2. The molecule has 6 heteroatoms. The highest BCUT2D eigenvalue weighted by Gasteiger charge is 2.50. The van der Waals surface area contributed by atoms with Crippen LogP contribution in [-0.4, -0.2) is 65.1 Å². The Labute approximate surface area is 156 Å². The minimum Gasteiger partial charge on any atom is -0.372 e. The Kier molecular flexibility index (Phi) is 5.32. The number of rotatable bonds is 5. The number of carbonyl (C=O) groups is 1. The molecule has 26 heavy (non-hydrogen) atoms. The maximum Gasteiger partial charge on any atom is 0.248 e. The van der Waals surface area contributed by atoms with Crippen molar-refractivity contribution in [2.24, 2.45) is 5.92 Å². The van der Waals surface area contributed by atoms with Gasteiger partial charge in [-0.25, -0.2) is 4.98 Å². The number of aromatic amines is 1. The number of hydrogen-bond donors (Lipinski definition) is 1. The maximum atomic E-state index is 12.5. The standard InChI is InChI=1S/C20H32N4O2/c1-2-26-13-18(25)23-11-9-20(14-23)19-17(21-15-22-19)8-10-24(20)12-16-6-4-3-5-7-16/h15-16H,2-14H2,1H3,(H,21,22). The molecule has 2 fully saturated rings. The molecule has 3 heterocycles. The first-order chi connectivity index (χ1) is 12.7. The molecule has 3 aliphatic rings. The van der Waals surface area contributed by atoms with Crippen LogP contribution in [0.3, 0.4) is 0 Å². The van der Waals surface area contributed by atoms with E-state index in [9.17, 15) is 4.79 Å². The highest BCUT2D eigenvalue weighted by Crippen LogP contribution is 2.42. The Morgan fingerprint density at radius 2 is 2.19 bits per heavy atom. The van der Waals surface area contributed by atoms with Crippen molar-refractivity contribution in [2.75, 3.05) is 39.4 Å². The third kappa shape index (κ3) is 3.29. The average molecular weight is 361 g/mol. The fraction of sp³-hybridized carbons (Fsp3) is 0.800. The second-order valence-corrected chi connectivity index (χ2v) is 8.16. The summed E-state index contributed by atoms with van der Waals surface area (Å²) in [6, 6.07) is 0. The van der Waals surface area contributed by atoms with Gasteiger partial charge < -0.3 is 14.6 Å². The van der Waals surface area contributed by atoms with E-state index in [4.69, 9.17) is 9.72 Å². The molecule has 1 saturated heterocycles. The number of aromatic nitrogens is 2. The number of hydrogen-bond acceptors (Lipinski definition) is 4. The number of likely N-dealkylation sites (tertiary alicyclic amines) is 1. The van der Waals surface area contributed by atoms with Gasteiger partial charge in [-0.2, -0.15) is 0 Å². The van der Waals surface area contributed by atoms with E-state index in [0.29, 0.717) is 6.61 Å². The van der Waals surface area contributed by atoms with E-state index in [1.807, 2.05) is 18.2 Å². The molecule has 1 amide bonds. The Bertz CT molecular complexity index is 625. The van der Waals surface area contributed by atoms with Crippen molar-refractivity contribution < 1.29 is 9.53 Å². The number of imidazole rings is 1. The molecule has 1 spiro atoms. The van der Waals surface area contributed by atoms with Gasteiger partial charge in [0, 0.05) is 44.9 Å². The topological polar surface area (TPSA) is 61.5 Å². The van der Waals surface area contributed by atoms with E-state index in [2.05, 4.69) is 9.88 Å². The minimum atomic E-state index is -0.104. The van der Waals surface area contributed by atoms with E-state index >= 15 is 0 Å². The van der Waals surface area contributed by atoms with Crippen molar-refractivity contribution in [3.8, 4) is 0 Å². The zero-order chi connectivity index (χ0) is 18.0. The number of amides is 1. The summed E-state index contributed by atoms with van der Waals surface area (Å²) in [5.41, 5.74) is 2.35. The van der Waals surface area contributed by atoms with Crippen LogP contribution in [-0.2, 0) is 21.5 Å². The SMILES string of the molecule is CCOCC(=O)N1CCC2(C1)c1nc[nH]c1CCN2CC1CCCCC1. The summed E-state index contributed by atoms with van der Waals surface area (Å²) in [6.07, 6.45) is 10.7. The molecule has 0 radical (unpaired) electrons. The number of carbonyl (C=O) groups excluding carboxylic acids is 1. The van der Waals surface area contributed by atoms with Gasteiger partial charge in [0.1, 0.15) is 6.61 Å². The van der Waals surface area contributed by atoms with Crippen molar-refractivity contribution in [3.63, 3.8) is 0 Å². The highest BCUT2D eigenvalue weighted by atomic mass is 16.5. The Morgan fingerprint density at radius 3 is 3.00 bits per heavy atom. The summed E-state index contributed by atoms with van der Waals surface area (Å²) in [7, 11) is 0. The van der Waals surface area contributed by atoms with Gasteiger partial charge in [0.25, 0.3) is 0 Å². The van der Waals surface area contributed by atoms with Crippen LogP contribution in [0.4, 0.5) is 0 Å². The molecule has 0 bridgehead atoms. The van der Waals surface area contributed by atoms with E-state index < -0.39 is 0 Å². The lowest BCUT2D eigenvalue weighted by molar-refractivity contribution is -0.135. The molecule has 1 aliphatic carbocycles. The summed E-state index contributed by atoms with van der Waals surface area (Å²) in [6.45, 7) is 6.49. The predicted molar refractivity (Wildman–Crippen MR) is 99.8 cm³/mol. The molecule has 2 aliphatic heterocycles. The molecule has 1 aromatic rings. The van der Waals surface area contributed by atoms with Gasteiger partial charge in [-0.15, -0.1) is 0 Å². The smallest absolute Gasteiger partial charge is 0.248 e. The summed E-state index contributed by atoms with van der Waals surface area (Å²) in [5, 5.41) is 0. The largest absolute Gasteiger partial charge is 0.372 e. The molecule has 1 unspecified atom stereocenters. The van der Waals surface area contributed by atoms with Gasteiger partial charge in [-0.1, -0.05) is 19.3 Å². The van der Waals surface area contributed by atoms with Crippen LogP contribution >= 0.6 is 0 Å². The molecule has 1 N–H and O–H groups in total. The number of nitrogens with one attached hydrogen (secondary N) is 1. The Balaban J connectivity index is 1.54. The van der Waals surface area contributed by atoms with Crippen molar-refractivity contribution in [1.82, 2.24) is 19.8 Å². The van der Waals surface area contributed by atoms with Crippen molar-refractivity contribution in [1.29, 1.82) is 0 Å². The second kappa shape index (κ2) is 7.69. The van der Waals surface area contributed by atoms with E-state index in [1.165, 1.54) is 43.5 Å². The fourth-order valence-corrected chi connectivity index (χ4v) is 5.21. The molecule has 1 atom stereocenters. The minimum absolute atomic E-state index is 0.104. The van der Waals surface area contributed by atoms with Gasteiger partial charge >= 0.3 is 0 Å². The van der Waals surface area contributed by atoms with Gasteiger partial charge in [-0.3, -0.25) is 9.69 Å². The van der Waals surface area contributed by atoms with Gasteiger partial charge in [0.15, 0.2) is 0 Å². The first-order valence-electron chi connectivity index (χ1n) is 10.4. The normalized spacial score (nSPS) is 27.2. The Hall–Kier alpha value is -1.40. The third-order valence-electron chi connectivity index (χ3n) is 6.63. The summed E-state index contributed by atoms with van der Waals surface area (Å²) < 4.78 is 5.36. The molecule has 1 saturated carbocycles. The van der Waals surface area contributed by atoms with E-state index in [0.717, 1.165) is 44.9 Å². The zero-order valence-corrected chi connectivity index (χ0v) is 16.0. The lowest BCUT2D eigenvalue weighted by Crippen LogP contribution is -2.54. The van der Waals surface area contributed by atoms with Crippen molar-refractivity contribution in [2.45, 2.75) is 57.4 Å². The van der Waals surface area contributed by atoms with Gasteiger partial charge in [0.2, 0.25) is 5.91 Å². The van der Waals surface area contributed by atoms with Crippen LogP contribution < -0.4 is 0 Å². The zero-order valence-electron chi connectivity index (χ0n) is 16.0. The lowest BCUT2D eigenvalue weighted by atomic mass is 9.82. The molecule has 6 nitrogen and oxygen atoms in total. The van der Waals surface area contributed by atoms with Crippen LogP contribution in [0.2, 0.25) is 0 Å². The fourth-order valence-electron chi connectivity index (χ4n) is 5.21. The molecule has 144 valence electrons. The first-order valence-corrected chi connectivity index (χ1v) is 10.4. The van der Waals surface area contributed by atoms with Crippen molar-refractivity contribution >= 4 is 5.91 Å². The van der Waals surface area contributed by atoms with E-state index in [-0.39, 0.29) is 18.1 Å². The lowest BCUT2D eigenvalue weighted by Gasteiger charge is -2.45. The van der Waals surface area contributed by atoms with E-state index in [1.54, 1.807) is 0 Å². The number of nitrogens with zero attached hydrogens (tertiary/aromatic N) is 3. The van der Waals surface area contributed by atoms with Crippen LogP contribution in [0.5, 0.6) is 0 Å². The molecule has 1 aromatic heterocycles. The van der Waals surface area contributed by atoms with Crippen LogP contribution in [0, 0.1) is 5.92 Å². The summed E-state index contributed by atoms with van der Waals surface area (Å²) in [4.78, 5) is 25.3. The molecular formula is C20H32N4O2. The quantitative estimate of drug-likeness (QED) is 0.875. The molecule has 0 aromatic carbocycles. The number of H-pyrrole nitrogens is 1. The first kappa shape index (κ1) is 18.0. The van der Waals surface area contributed by atoms with Crippen LogP contribution in [0.25, 0.3) is 0 Å². The van der Waals surface area contributed by atoms with Gasteiger partial charge in [0.05, 0.1) is 17.6 Å².